The number of ether oxygens (including phenoxy) is 2. The van der Waals surface area contributed by atoms with Crippen LogP contribution in [0.25, 0.3) is 0 Å². The summed E-state index contributed by atoms with van der Waals surface area (Å²) >= 11 is 1.53. The number of fused-ring (bicyclic) bond motifs is 1. The summed E-state index contributed by atoms with van der Waals surface area (Å²) in [7, 11) is 0. The van der Waals surface area contributed by atoms with Gasteiger partial charge in [0.05, 0.1) is 30.9 Å². The van der Waals surface area contributed by atoms with Gasteiger partial charge in [-0.25, -0.2) is 4.79 Å². The Hall–Kier alpha value is -1.44. The van der Waals surface area contributed by atoms with E-state index in [-0.39, 0.29) is 24.1 Å². The first kappa shape index (κ1) is 19.3. The summed E-state index contributed by atoms with van der Waals surface area (Å²) in [5, 5.41) is 3.63. The van der Waals surface area contributed by atoms with Crippen molar-refractivity contribution < 1.29 is 19.1 Å². The zero-order valence-corrected chi connectivity index (χ0v) is 16.6. The van der Waals surface area contributed by atoms with Crippen LogP contribution in [0.3, 0.4) is 0 Å². The fourth-order valence-electron chi connectivity index (χ4n) is 3.86. The van der Waals surface area contributed by atoms with Crippen LogP contribution >= 0.6 is 11.3 Å². The monoisotopic (exact) mass is 380 g/mol. The molecule has 26 heavy (non-hydrogen) atoms. The van der Waals surface area contributed by atoms with E-state index in [0.717, 1.165) is 44.3 Å². The minimum atomic E-state index is -0.323. The van der Waals surface area contributed by atoms with Crippen LogP contribution in [0.5, 0.6) is 0 Å². The summed E-state index contributed by atoms with van der Waals surface area (Å²) in [6, 6.07) is 0. The van der Waals surface area contributed by atoms with Gasteiger partial charge in [-0.1, -0.05) is 0 Å². The quantitative estimate of drug-likeness (QED) is 0.796. The summed E-state index contributed by atoms with van der Waals surface area (Å²) in [6.45, 7) is 7.96. The third kappa shape index (κ3) is 4.45. The lowest BCUT2D eigenvalue weighted by Crippen LogP contribution is -2.48. The molecule has 0 spiro atoms. The van der Waals surface area contributed by atoms with Crippen molar-refractivity contribution in [1.82, 2.24) is 4.90 Å². The molecule has 1 aliphatic carbocycles. The van der Waals surface area contributed by atoms with E-state index in [9.17, 15) is 9.59 Å². The molecule has 6 nitrogen and oxygen atoms in total. The molecule has 2 heterocycles. The average Bonchev–Trinajstić information content (AvgIpc) is 2.91. The Labute approximate surface area is 158 Å². The van der Waals surface area contributed by atoms with Crippen molar-refractivity contribution in [2.45, 2.75) is 58.7 Å². The van der Waals surface area contributed by atoms with Crippen LogP contribution in [0, 0.1) is 0 Å². The molecule has 1 aliphatic heterocycles. The fraction of sp³-hybridized carbons (Fsp3) is 0.684. The number of carbonyl (C=O) groups excluding carboxylic acids is 2. The summed E-state index contributed by atoms with van der Waals surface area (Å²) in [6.07, 6.45) is 4.31. The maximum atomic E-state index is 12.6. The summed E-state index contributed by atoms with van der Waals surface area (Å²) in [4.78, 5) is 28.4. The number of morpholine rings is 1. The summed E-state index contributed by atoms with van der Waals surface area (Å²) < 4.78 is 11.0. The van der Waals surface area contributed by atoms with Crippen molar-refractivity contribution in [3.8, 4) is 0 Å². The molecule has 1 aromatic heterocycles. The number of hydrogen-bond acceptors (Lipinski definition) is 6. The topological polar surface area (TPSA) is 67.9 Å². The van der Waals surface area contributed by atoms with Crippen LogP contribution < -0.4 is 5.32 Å². The summed E-state index contributed by atoms with van der Waals surface area (Å²) in [5.74, 6) is -0.411. The molecular formula is C19H28N2O4S. The van der Waals surface area contributed by atoms with Crippen LogP contribution in [-0.2, 0) is 27.1 Å². The number of carbonyl (C=O) groups is 2. The third-order valence-corrected chi connectivity index (χ3v) is 5.97. The van der Waals surface area contributed by atoms with Gasteiger partial charge in [0, 0.05) is 18.0 Å². The van der Waals surface area contributed by atoms with E-state index >= 15 is 0 Å². The van der Waals surface area contributed by atoms with Gasteiger partial charge in [0.1, 0.15) is 5.00 Å². The maximum Gasteiger partial charge on any atom is 0.341 e. The molecule has 144 valence electrons. The Morgan fingerprint density at radius 2 is 1.92 bits per heavy atom. The van der Waals surface area contributed by atoms with Crippen LogP contribution in [0.15, 0.2) is 0 Å². The summed E-state index contributed by atoms with van der Waals surface area (Å²) in [5.41, 5.74) is 1.65. The van der Waals surface area contributed by atoms with Gasteiger partial charge in [0.2, 0.25) is 5.91 Å². The van der Waals surface area contributed by atoms with Crippen molar-refractivity contribution in [3.63, 3.8) is 0 Å². The highest BCUT2D eigenvalue weighted by Crippen LogP contribution is 2.38. The Morgan fingerprint density at radius 1 is 1.23 bits per heavy atom. The lowest BCUT2D eigenvalue weighted by molar-refractivity contribution is -0.121. The lowest BCUT2D eigenvalue weighted by Gasteiger charge is -2.34. The fourth-order valence-corrected chi connectivity index (χ4v) is 5.15. The molecule has 1 amide bonds. The molecule has 2 atom stereocenters. The van der Waals surface area contributed by atoms with Crippen LogP contribution in [-0.4, -0.2) is 55.2 Å². The van der Waals surface area contributed by atoms with Crippen molar-refractivity contribution in [2.75, 3.05) is 31.6 Å². The second kappa shape index (κ2) is 8.50. The van der Waals surface area contributed by atoms with Gasteiger partial charge in [0.25, 0.3) is 0 Å². The van der Waals surface area contributed by atoms with Gasteiger partial charge >= 0.3 is 5.97 Å². The molecule has 1 N–H and O–H groups in total. The van der Waals surface area contributed by atoms with Crippen molar-refractivity contribution >= 4 is 28.2 Å². The second-order valence-electron chi connectivity index (χ2n) is 7.14. The van der Waals surface area contributed by atoms with Gasteiger partial charge in [-0.3, -0.25) is 9.69 Å². The van der Waals surface area contributed by atoms with Gasteiger partial charge in [-0.15, -0.1) is 11.3 Å². The number of rotatable bonds is 5. The standard InChI is InChI=1S/C19H28N2O4S/c1-4-24-19(23)17-14-7-5-6-8-15(14)26-18(17)20-16(22)11-21-9-12(2)25-13(3)10-21/h12-13H,4-11H2,1-3H3,(H,20,22)/t12-,13+. The Balaban J connectivity index is 1.73. The number of thiophene rings is 1. The molecule has 0 unspecified atom stereocenters. The van der Waals surface area contributed by atoms with E-state index in [4.69, 9.17) is 9.47 Å². The molecular weight excluding hydrogens is 352 g/mol. The van der Waals surface area contributed by atoms with Crippen LogP contribution in [0.1, 0.15) is 54.4 Å². The second-order valence-corrected chi connectivity index (χ2v) is 8.24. The maximum absolute atomic E-state index is 12.6. The van der Waals surface area contributed by atoms with E-state index in [2.05, 4.69) is 10.2 Å². The highest BCUT2D eigenvalue weighted by atomic mass is 32.1. The molecule has 0 saturated carbocycles. The predicted octanol–water partition coefficient (Wildman–Crippen LogP) is 2.85. The minimum absolute atomic E-state index is 0.0876. The molecule has 1 saturated heterocycles. The highest BCUT2D eigenvalue weighted by Gasteiger charge is 2.28. The van der Waals surface area contributed by atoms with Crippen LogP contribution in [0.4, 0.5) is 5.00 Å². The van der Waals surface area contributed by atoms with Gasteiger partial charge in [-0.05, 0) is 52.0 Å². The number of aryl methyl sites for hydroxylation is 1. The number of amides is 1. The number of nitrogens with zero attached hydrogens (tertiary/aromatic N) is 1. The third-order valence-electron chi connectivity index (χ3n) is 4.77. The van der Waals surface area contributed by atoms with Crippen molar-refractivity contribution in [2.24, 2.45) is 0 Å². The van der Waals surface area contributed by atoms with E-state index in [1.165, 1.54) is 16.2 Å². The number of nitrogens with one attached hydrogen (secondary N) is 1. The molecule has 0 aromatic carbocycles. The number of anilines is 1. The van der Waals surface area contributed by atoms with Gasteiger partial charge in [0.15, 0.2) is 0 Å². The molecule has 2 aliphatic rings. The molecule has 7 heteroatoms. The predicted molar refractivity (Wildman–Crippen MR) is 102 cm³/mol. The number of hydrogen-bond donors (Lipinski definition) is 1. The first-order valence-electron chi connectivity index (χ1n) is 9.47. The van der Waals surface area contributed by atoms with E-state index in [0.29, 0.717) is 23.7 Å². The average molecular weight is 381 g/mol. The zero-order valence-electron chi connectivity index (χ0n) is 15.8. The van der Waals surface area contributed by atoms with E-state index < -0.39 is 0 Å². The first-order chi connectivity index (χ1) is 12.5. The smallest absolute Gasteiger partial charge is 0.341 e. The molecule has 0 radical (unpaired) electrons. The Kier molecular flexibility index (Phi) is 6.32. The largest absolute Gasteiger partial charge is 0.462 e. The van der Waals surface area contributed by atoms with Crippen molar-refractivity contribution in [3.05, 3.63) is 16.0 Å². The molecule has 1 aromatic rings. The van der Waals surface area contributed by atoms with Crippen LogP contribution in [0.2, 0.25) is 0 Å². The van der Waals surface area contributed by atoms with Gasteiger partial charge in [-0.2, -0.15) is 0 Å². The highest BCUT2D eigenvalue weighted by molar-refractivity contribution is 7.17. The number of esters is 1. The Morgan fingerprint density at radius 3 is 2.62 bits per heavy atom. The Bertz CT molecular complexity index is 663. The molecule has 1 fully saturated rings. The lowest BCUT2D eigenvalue weighted by atomic mass is 9.95. The minimum Gasteiger partial charge on any atom is -0.462 e. The normalized spacial score (nSPS) is 23.3. The first-order valence-corrected chi connectivity index (χ1v) is 10.3. The van der Waals surface area contributed by atoms with E-state index in [1.54, 1.807) is 6.92 Å². The van der Waals surface area contributed by atoms with Gasteiger partial charge < -0.3 is 14.8 Å². The molecule has 0 bridgehead atoms. The SMILES string of the molecule is CCOC(=O)c1c(NC(=O)CN2C[C@@H](C)O[C@@H](C)C2)sc2c1CCCC2. The van der Waals surface area contributed by atoms with E-state index in [1.807, 2.05) is 13.8 Å². The zero-order chi connectivity index (χ0) is 18.7. The molecule has 3 rings (SSSR count). The van der Waals surface area contributed by atoms with Crippen molar-refractivity contribution in [1.29, 1.82) is 0 Å².